The van der Waals surface area contributed by atoms with Crippen LogP contribution in [0.4, 0.5) is 5.13 Å². The predicted octanol–water partition coefficient (Wildman–Crippen LogP) is 4.22. The van der Waals surface area contributed by atoms with E-state index in [9.17, 15) is 4.79 Å². The third-order valence-corrected chi connectivity index (χ3v) is 5.28. The van der Waals surface area contributed by atoms with Crippen LogP contribution in [0.2, 0.25) is 0 Å². The molecule has 30 heavy (non-hydrogen) atoms. The van der Waals surface area contributed by atoms with Crippen molar-refractivity contribution in [1.82, 2.24) is 20.0 Å². The lowest BCUT2D eigenvalue weighted by atomic mass is 10.1. The normalized spacial score (nSPS) is 10.8. The maximum atomic E-state index is 13.1. The van der Waals surface area contributed by atoms with Gasteiger partial charge in [-0.25, -0.2) is 4.68 Å². The molecule has 2 heterocycles. The van der Waals surface area contributed by atoms with Gasteiger partial charge in [-0.1, -0.05) is 59.9 Å². The molecule has 0 aliphatic heterocycles. The van der Waals surface area contributed by atoms with E-state index in [0.717, 1.165) is 16.3 Å². The molecule has 1 N–H and O–H groups in total. The Bertz CT molecular complexity index is 1110. The van der Waals surface area contributed by atoms with E-state index in [2.05, 4.69) is 20.6 Å². The molecule has 2 aromatic heterocycles. The van der Waals surface area contributed by atoms with Crippen molar-refractivity contribution in [1.29, 1.82) is 0 Å². The average Bonchev–Trinajstić information content (AvgIpc) is 3.43. The molecule has 0 spiro atoms. The monoisotopic (exact) mass is 419 g/mol. The number of benzene rings is 2. The number of ether oxygens (including phenoxy) is 1. The van der Waals surface area contributed by atoms with Gasteiger partial charge in [0.2, 0.25) is 5.13 Å². The fourth-order valence-corrected chi connectivity index (χ4v) is 3.65. The van der Waals surface area contributed by atoms with Gasteiger partial charge < -0.3 is 4.74 Å². The molecule has 0 saturated heterocycles. The Balaban J connectivity index is 1.60. The third kappa shape index (κ3) is 4.61. The summed E-state index contributed by atoms with van der Waals surface area (Å²) in [6.45, 7) is 3.20. The summed E-state index contributed by atoms with van der Waals surface area (Å²) in [5.74, 6) is -0.274. The number of hydrogen-bond acceptors (Lipinski definition) is 6. The summed E-state index contributed by atoms with van der Waals surface area (Å²) in [5.41, 5.74) is 2.82. The number of hydrogen-bond donors (Lipinski definition) is 1. The van der Waals surface area contributed by atoms with Crippen molar-refractivity contribution in [3.05, 3.63) is 77.4 Å². The SMILES string of the molecule is CCOCCc1nnc(NC(=O)c2cn(-c3ccccc3)nc2-c2ccccc2)s1. The zero-order valence-electron chi connectivity index (χ0n) is 16.5. The lowest BCUT2D eigenvalue weighted by Crippen LogP contribution is -2.12. The van der Waals surface area contributed by atoms with Crippen LogP contribution in [-0.4, -0.2) is 39.1 Å². The van der Waals surface area contributed by atoms with Gasteiger partial charge in [-0.15, -0.1) is 10.2 Å². The second-order valence-electron chi connectivity index (χ2n) is 6.44. The molecule has 0 saturated carbocycles. The van der Waals surface area contributed by atoms with Crippen LogP contribution in [0.1, 0.15) is 22.3 Å². The third-order valence-electron chi connectivity index (χ3n) is 4.38. The number of amides is 1. The van der Waals surface area contributed by atoms with E-state index < -0.39 is 0 Å². The molecule has 7 nitrogen and oxygen atoms in total. The second-order valence-corrected chi connectivity index (χ2v) is 7.50. The first-order valence-electron chi connectivity index (χ1n) is 9.66. The molecule has 152 valence electrons. The van der Waals surface area contributed by atoms with Gasteiger partial charge in [0.05, 0.1) is 17.9 Å². The number of carbonyl (C=O) groups is 1. The quantitative estimate of drug-likeness (QED) is 0.433. The van der Waals surface area contributed by atoms with Crippen LogP contribution in [0, 0.1) is 0 Å². The van der Waals surface area contributed by atoms with Crippen LogP contribution in [0.25, 0.3) is 16.9 Å². The van der Waals surface area contributed by atoms with Gasteiger partial charge in [-0.05, 0) is 19.1 Å². The van der Waals surface area contributed by atoms with Crippen molar-refractivity contribution in [2.75, 3.05) is 18.5 Å². The molecule has 0 fully saturated rings. The summed E-state index contributed by atoms with van der Waals surface area (Å²) < 4.78 is 7.06. The number of nitrogens with zero attached hydrogens (tertiary/aromatic N) is 4. The molecular formula is C22H21N5O2S. The Kier molecular flexibility index (Phi) is 6.26. The molecule has 4 rings (SSSR count). The Morgan fingerprint density at radius 1 is 1.07 bits per heavy atom. The maximum absolute atomic E-state index is 13.1. The number of carbonyl (C=O) groups excluding carboxylic acids is 1. The fraction of sp³-hybridized carbons (Fsp3) is 0.182. The summed E-state index contributed by atoms with van der Waals surface area (Å²) in [4.78, 5) is 13.1. The predicted molar refractivity (Wildman–Crippen MR) is 117 cm³/mol. The first-order valence-corrected chi connectivity index (χ1v) is 10.5. The van der Waals surface area contributed by atoms with Crippen LogP contribution >= 0.6 is 11.3 Å². The van der Waals surface area contributed by atoms with Crippen molar-refractivity contribution >= 4 is 22.4 Å². The van der Waals surface area contributed by atoms with Crippen LogP contribution in [-0.2, 0) is 11.2 Å². The molecule has 2 aromatic carbocycles. The molecule has 0 aliphatic carbocycles. The number of anilines is 1. The zero-order valence-corrected chi connectivity index (χ0v) is 17.3. The second kappa shape index (κ2) is 9.43. The molecule has 0 atom stereocenters. The van der Waals surface area contributed by atoms with Gasteiger partial charge >= 0.3 is 0 Å². The highest BCUT2D eigenvalue weighted by atomic mass is 32.1. The minimum absolute atomic E-state index is 0.274. The van der Waals surface area contributed by atoms with Crippen molar-refractivity contribution < 1.29 is 9.53 Å². The van der Waals surface area contributed by atoms with Gasteiger partial charge in [0, 0.05) is 24.8 Å². The standard InChI is InChI=1S/C22H21N5O2S/c1-2-29-14-13-19-24-25-22(30-19)23-21(28)18-15-27(17-11-7-4-8-12-17)26-20(18)16-9-5-3-6-10-16/h3-12,15H,2,13-14H2,1H3,(H,23,25,28). The summed E-state index contributed by atoms with van der Waals surface area (Å²) in [6, 6.07) is 19.4. The van der Waals surface area contributed by atoms with Gasteiger partial charge in [0.15, 0.2) is 0 Å². The maximum Gasteiger partial charge on any atom is 0.261 e. The zero-order chi connectivity index (χ0) is 20.8. The van der Waals surface area contributed by atoms with Crippen LogP contribution < -0.4 is 5.32 Å². The van der Waals surface area contributed by atoms with Gasteiger partial charge in [0.1, 0.15) is 10.7 Å². The smallest absolute Gasteiger partial charge is 0.261 e. The number of nitrogens with one attached hydrogen (secondary N) is 1. The number of rotatable bonds is 8. The van der Waals surface area contributed by atoms with Crippen molar-refractivity contribution in [3.63, 3.8) is 0 Å². The van der Waals surface area contributed by atoms with E-state index in [1.807, 2.05) is 67.6 Å². The molecule has 0 aliphatic rings. The summed E-state index contributed by atoms with van der Waals surface area (Å²) in [5, 5.41) is 17.0. The highest BCUT2D eigenvalue weighted by Crippen LogP contribution is 2.25. The molecule has 0 unspecified atom stereocenters. The molecular weight excluding hydrogens is 398 g/mol. The van der Waals surface area contributed by atoms with Crippen LogP contribution in [0.3, 0.4) is 0 Å². The van der Waals surface area contributed by atoms with Gasteiger partial charge in [-0.3, -0.25) is 10.1 Å². The van der Waals surface area contributed by atoms with Gasteiger partial charge in [-0.2, -0.15) is 5.10 Å². The molecule has 8 heteroatoms. The summed E-state index contributed by atoms with van der Waals surface area (Å²) >= 11 is 1.35. The minimum Gasteiger partial charge on any atom is -0.381 e. The number of para-hydroxylation sites is 1. The Morgan fingerprint density at radius 2 is 1.80 bits per heavy atom. The van der Waals surface area contributed by atoms with Crippen molar-refractivity contribution in [2.24, 2.45) is 0 Å². The highest BCUT2D eigenvalue weighted by Gasteiger charge is 2.20. The van der Waals surface area contributed by atoms with Crippen molar-refractivity contribution in [2.45, 2.75) is 13.3 Å². The van der Waals surface area contributed by atoms with Crippen molar-refractivity contribution in [3.8, 4) is 16.9 Å². The molecule has 0 radical (unpaired) electrons. The van der Waals surface area contributed by atoms with Crippen LogP contribution in [0.15, 0.2) is 66.9 Å². The Morgan fingerprint density at radius 3 is 2.53 bits per heavy atom. The highest BCUT2D eigenvalue weighted by molar-refractivity contribution is 7.15. The Hall–Kier alpha value is -3.36. The van der Waals surface area contributed by atoms with E-state index in [1.165, 1.54) is 11.3 Å². The lowest BCUT2D eigenvalue weighted by molar-refractivity contribution is 0.102. The van der Waals surface area contributed by atoms with E-state index in [1.54, 1.807) is 10.9 Å². The number of aromatic nitrogens is 4. The Labute approximate surface area is 178 Å². The van der Waals surface area contributed by atoms with E-state index >= 15 is 0 Å². The summed E-state index contributed by atoms with van der Waals surface area (Å²) in [7, 11) is 0. The molecule has 4 aromatic rings. The lowest BCUT2D eigenvalue weighted by Gasteiger charge is -2.02. The van der Waals surface area contributed by atoms with E-state index in [4.69, 9.17) is 4.74 Å². The molecule has 1 amide bonds. The van der Waals surface area contributed by atoms with E-state index in [-0.39, 0.29) is 5.91 Å². The largest absolute Gasteiger partial charge is 0.381 e. The fourth-order valence-electron chi connectivity index (χ4n) is 2.94. The topological polar surface area (TPSA) is 81.9 Å². The average molecular weight is 420 g/mol. The summed E-state index contributed by atoms with van der Waals surface area (Å²) in [6.07, 6.45) is 2.41. The molecule has 0 bridgehead atoms. The first-order chi connectivity index (χ1) is 14.7. The first kappa shape index (κ1) is 19.9. The van der Waals surface area contributed by atoms with Gasteiger partial charge in [0.25, 0.3) is 5.91 Å². The van der Waals surface area contributed by atoms with Crippen LogP contribution in [0.5, 0.6) is 0 Å². The van der Waals surface area contributed by atoms with E-state index in [0.29, 0.717) is 36.0 Å². The minimum atomic E-state index is -0.274.